The summed E-state index contributed by atoms with van der Waals surface area (Å²) in [4.78, 5) is 20.3. The average Bonchev–Trinajstić information content (AvgIpc) is 3.10. The van der Waals surface area contributed by atoms with Crippen LogP contribution in [0.5, 0.6) is 5.75 Å². The van der Waals surface area contributed by atoms with Crippen LogP contribution in [0.2, 0.25) is 0 Å². The highest BCUT2D eigenvalue weighted by Crippen LogP contribution is 2.22. The quantitative estimate of drug-likeness (QED) is 0.595. The number of imidazole rings is 1. The van der Waals surface area contributed by atoms with E-state index in [1.54, 1.807) is 7.11 Å². The number of hydrogen-bond acceptors (Lipinski definition) is 3. The highest BCUT2D eigenvalue weighted by Gasteiger charge is 2.21. The molecule has 1 aromatic heterocycles. The summed E-state index contributed by atoms with van der Waals surface area (Å²) >= 11 is 0. The molecule has 27 heavy (non-hydrogen) atoms. The van der Waals surface area contributed by atoms with Crippen molar-refractivity contribution in [3.05, 3.63) is 59.9 Å². The fraction of sp³-hybridized carbons (Fsp3) is 0.333. The van der Waals surface area contributed by atoms with Crippen LogP contribution in [0.3, 0.4) is 0 Å². The van der Waals surface area contributed by atoms with Crippen LogP contribution in [-0.2, 0) is 6.42 Å². The van der Waals surface area contributed by atoms with Crippen molar-refractivity contribution in [2.45, 2.75) is 26.3 Å². The number of para-hydroxylation sites is 2. The summed E-state index contributed by atoms with van der Waals surface area (Å²) in [5, 5.41) is 5.96. The number of carbonyl (C=O) groups excluding carboxylic acids is 1. The van der Waals surface area contributed by atoms with Crippen LogP contribution in [0.15, 0.2) is 48.5 Å². The number of urea groups is 1. The van der Waals surface area contributed by atoms with Gasteiger partial charge in [-0.1, -0.05) is 38.1 Å². The molecule has 3 aromatic rings. The molecule has 0 spiro atoms. The molecule has 0 radical (unpaired) electrons. The van der Waals surface area contributed by atoms with E-state index in [0.29, 0.717) is 6.54 Å². The second kappa shape index (κ2) is 8.58. The van der Waals surface area contributed by atoms with Crippen LogP contribution in [0.1, 0.15) is 31.3 Å². The van der Waals surface area contributed by atoms with Crippen molar-refractivity contribution in [3.63, 3.8) is 0 Å². The van der Waals surface area contributed by atoms with Gasteiger partial charge in [0.2, 0.25) is 0 Å². The minimum absolute atomic E-state index is 0.182. The zero-order valence-corrected chi connectivity index (χ0v) is 16.0. The maximum Gasteiger partial charge on any atom is 0.315 e. The third-order valence-electron chi connectivity index (χ3n) is 4.51. The molecular formula is C21H26N4O2. The largest absolute Gasteiger partial charge is 0.497 e. The van der Waals surface area contributed by atoms with Gasteiger partial charge in [-0.15, -0.1) is 0 Å². The van der Waals surface area contributed by atoms with Gasteiger partial charge in [0.15, 0.2) is 0 Å². The lowest BCUT2D eigenvalue weighted by atomic mass is 10.0. The number of benzene rings is 2. The van der Waals surface area contributed by atoms with Crippen LogP contribution in [0.4, 0.5) is 4.79 Å². The van der Waals surface area contributed by atoms with Gasteiger partial charge in [0.1, 0.15) is 11.6 Å². The van der Waals surface area contributed by atoms with Gasteiger partial charge < -0.3 is 20.4 Å². The van der Waals surface area contributed by atoms with Gasteiger partial charge in [0.05, 0.1) is 24.2 Å². The van der Waals surface area contributed by atoms with E-state index in [0.717, 1.165) is 34.6 Å². The van der Waals surface area contributed by atoms with Crippen LogP contribution in [0, 0.1) is 5.92 Å². The molecule has 0 aliphatic carbocycles. The van der Waals surface area contributed by atoms with E-state index in [2.05, 4.69) is 34.4 Å². The summed E-state index contributed by atoms with van der Waals surface area (Å²) < 4.78 is 5.15. The Kier molecular flexibility index (Phi) is 5.96. The molecule has 0 bridgehead atoms. The van der Waals surface area contributed by atoms with Crippen LogP contribution < -0.4 is 15.4 Å². The predicted octanol–water partition coefficient (Wildman–Crippen LogP) is 3.81. The number of aromatic nitrogens is 2. The van der Waals surface area contributed by atoms with E-state index < -0.39 is 0 Å². The van der Waals surface area contributed by atoms with Crippen molar-refractivity contribution >= 4 is 17.1 Å². The normalized spacial score (nSPS) is 12.1. The summed E-state index contributed by atoms with van der Waals surface area (Å²) in [6, 6.07) is 15.3. The summed E-state index contributed by atoms with van der Waals surface area (Å²) in [5.74, 6) is 1.81. The Labute approximate surface area is 159 Å². The highest BCUT2D eigenvalue weighted by molar-refractivity contribution is 5.76. The van der Waals surface area contributed by atoms with Gasteiger partial charge in [-0.05, 0) is 42.2 Å². The molecule has 0 saturated heterocycles. The van der Waals surface area contributed by atoms with Crippen molar-refractivity contribution in [2.24, 2.45) is 5.92 Å². The van der Waals surface area contributed by atoms with Gasteiger partial charge in [-0.2, -0.15) is 0 Å². The molecule has 0 aliphatic rings. The Morgan fingerprint density at radius 1 is 1.15 bits per heavy atom. The number of H-pyrrole nitrogens is 1. The molecule has 0 unspecified atom stereocenters. The van der Waals surface area contributed by atoms with Crippen LogP contribution in [0.25, 0.3) is 11.0 Å². The topological polar surface area (TPSA) is 79.0 Å². The van der Waals surface area contributed by atoms with E-state index in [4.69, 9.17) is 4.74 Å². The van der Waals surface area contributed by atoms with E-state index in [1.165, 1.54) is 0 Å². The number of aromatic amines is 1. The second-order valence-corrected chi connectivity index (χ2v) is 6.86. The number of hydrogen-bond donors (Lipinski definition) is 3. The third-order valence-corrected chi connectivity index (χ3v) is 4.51. The Bertz CT molecular complexity index is 854. The minimum atomic E-state index is -0.192. The molecule has 142 valence electrons. The van der Waals surface area contributed by atoms with Gasteiger partial charge in [0, 0.05) is 6.54 Å². The number of carbonyl (C=O) groups is 1. The number of nitrogens with zero attached hydrogens (tertiary/aromatic N) is 1. The molecule has 3 rings (SSSR count). The number of nitrogens with one attached hydrogen (secondary N) is 3. The van der Waals surface area contributed by atoms with E-state index in [-0.39, 0.29) is 18.0 Å². The molecule has 0 fully saturated rings. The standard InChI is InChI=1S/C21H26N4O2/c1-14(2)19(20-23-17-6-4-5-7-18(17)24-20)25-21(26)22-13-12-15-8-10-16(27-3)11-9-15/h4-11,14,19H,12-13H2,1-3H3,(H,23,24)(H2,22,25,26)/t19-/m1/s1. The van der Waals surface area contributed by atoms with Gasteiger partial charge in [0.25, 0.3) is 0 Å². The lowest BCUT2D eigenvalue weighted by Crippen LogP contribution is -2.40. The molecular weight excluding hydrogens is 340 g/mol. The molecule has 6 heteroatoms. The lowest BCUT2D eigenvalue weighted by Gasteiger charge is -2.20. The minimum Gasteiger partial charge on any atom is -0.497 e. The van der Waals surface area contributed by atoms with Crippen molar-refractivity contribution in [3.8, 4) is 5.75 Å². The first-order valence-corrected chi connectivity index (χ1v) is 9.18. The number of methoxy groups -OCH3 is 1. The molecule has 1 heterocycles. The second-order valence-electron chi connectivity index (χ2n) is 6.86. The first-order valence-electron chi connectivity index (χ1n) is 9.18. The highest BCUT2D eigenvalue weighted by atomic mass is 16.5. The fourth-order valence-electron chi connectivity index (χ4n) is 2.98. The molecule has 0 aliphatic heterocycles. The van der Waals surface area contributed by atoms with Crippen LogP contribution >= 0.6 is 0 Å². The number of ether oxygens (including phenoxy) is 1. The van der Waals surface area contributed by atoms with E-state index in [9.17, 15) is 4.79 Å². The maximum atomic E-state index is 12.4. The van der Waals surface area contributed by atoms with Crippen molar-refractivity contribution < 1.29 is 9.53 Å². The van der Waals surface area contributed by atoms with Crippen molar-refractivity contribution in [1.29, 1.82) is 0 Å². The van der Waals surface area contributed by atoms with Crippen LogP contribution in [-0.4, -0.2) is 29.7 Å². The summed E-state index contributed by atoms with van der Waals surface area (Å²) in [6.45, 7) is 4.69. The number of fused-ring (bicyclic) bond motifs is 1. The Balaban J connectivity index is 1.56. The zero-order chi connectivity index (χ0) is 19.2. The zero-order valence-electron chi connectivity index (χ0n) is 16.0. The molecule has 3 N–H and O–H groups in total. The van der Waals surface area contributed by atoms with E-state index >= 15 is 0 Å². The lowest BCUT2D eigenvalue weighted by molar-refractivity contribution is 0.232. The fourth-order valence-corrected chi connectivity index (χ4v) is 2.98. The monoisotopic (exact) mass is 366 g/mol. The number of rotatable bonds is 7. The summed E-state index contributed by atoms with van der Waals surface area (Å²) in [5.41, 5.74) is 3.02. The van der Waals surface area contributed by atoms with Gasteiger partial charge in [-0.3, -0.25) is 0 Å². The summed E-state index contributed by atoms with van der Waals surface area (Å²) in [6.07, 6.45) is 0.758. The summed E-state index contributed by atoms with van der Waals surface area (Å²) in [7, 11) is 1.65. The smallest absolute Gasteiger partial charge is 0.315 e. The Morgan fingerprint density at radius 2 is 1.89 bits per heavy atom. The Morgan fingerprint density at radius 3 is 2.56 bits per heavy atom. The molecule has 6 nitrogen and oxygen atoms in total. The molecule has 0 saturated carbocycles. The van der Waals surface area contributed by atoms with Crippen molar-refractivity contribution in [2.75, 3.05) is 13.7 Å². The molecule has 1 atom stereocenters. The van der Waals surface area contributed by atoms with Gasteiger partial charge in [-0.25, -0.2) is 9.78 Å². The third kappa shape index (κ3) is 4.78. The molecule has 2 amide bonds. The number of amides is 2. The van der Waals surface area contributed by atoms with Crippen molar-refractivity contribution in [1.82, 2.24) is 20.6 Å². The average molecular weight is 366 g/mol. The predicted molar refractivity (Wildman–Crippen MR) is 107 cm³/mol. The van der Waals surface area contributed by atoms with Gasteiger partial charge >= 0.3 is 6.03 Å². The Hall–Kier alpha value is -3.02. The molecule has 2 aromatic carbocycles. The first kappa shape index (κ1) is 18.8. The maximum absolute atomic E-state index is 12.4. The first-order chi connectivity index (χ1) is 13.1. The van der Waals surface area contributed by atoms with E-state index in [1.807, 2.05) is 48.5 Å². The SMILES string of the molecule is COc1ccc(CCNC(=O)N[C@@H](c2nc3ccccc3[nH]2)C(C)C)cc1.